The first kappa shape index (κ1) is 10.9. The Hall–Kier alpha value is -1.14. The minimum atomic E-state index is -1.21. The minimum Gasteiger partial charge on any atom is -0.480 e. The maximum absolute atomic E-state index is 10.8. The van der Waals surface area contributed by atoms with Gasteiger partial charge >= 0.3 is 5.97 Å². The van der Waals surface area contributed by atoms with Crippen molar-refractivity contribution < 1.29 is 19.4 Å². The average Bonchev–Trinajstić information content (AvgIpc) is 1.98. The van der Waals surface area contributed by atoms with E-state index in [1.165, 1.54) is 0 Å². The van der Waals surface area contributed by atoms with Crippen LogP contribution in [0.4, 0.5) is 0 Å². The van der Waals surface area contributed by atoms with Crippen LogP contribution in [0.5, 0.6) is 0 Å². The van der Waals surface area contributed by atoms with Crippen LogP contribution in [-0.4, -0.2) is 41.8 Å². The highest BCUT2D eigenvalue weighted by Gasteiger charge is 2.12. The molecule has 1 amide bonds. The fourth-order valence-electron chi connectivity index (χ4n) is 0.491. The highest BCUT2D eigenvalue weighted by molar-refractivity contribution is 5.81. The van der Waals surface area contributed by atoms with Crippen LogP contribution >= 0.6 is 0 Å². The van der Waals surface area contributed by atoms with Crippen molar-refractivity contribution in [2.24, 2.45) is 0 Å². The molecule has 1 radical (unpaired) electrons. The van der Waals surface area contributed by atoms with Crippen molar-refractivity contribution in [3.8, 4) is 0 Å². The van der Waals surface area contributed by atoms with Crippen molar-refractivity contribution in [2.45, 2.75) is 6.92 Å². The molecule has 0 fully saturated rings. The summed E-state index contributed by atoms with van der Waals surface area (Å²) >= 11 is 0. The normalized spacial score (nSPS) is 9.50. The standard InChI is InChI=1S/C6H11N2O4/c1-2-12-4-5(9)8(7)3-6(10)11/h7H,2-4H2,1H3,(H,10,11). The predicted octanol–water partition coefficient (Wildman–Crippen LogP) is -0.866. The highest BCUT2D eigenvalue weighted by Crippen LogP contribution is 1.84. The number of carbonyl (C=O) groups is 2. The predicted molar refractivity (Wildman–Crippen MR) is 38.9 cm³/mol. The van der Waals surface area contributed by atoms with Gasteiger partial charge in [-0.05, 0) is 6.92 Å². The van der Waals surface area contributed by atoms with E-state index in [0.717, 1.165) is 0 Å². The van der Waals surface area contributed by atoms with Gasteiger partial charge in [0.2, 0.25) is 0 Å². The largest absolute Gasteiger partial charge is 0.480 e. The SMILES string of the molecule is CCOCC(=O)N([NH])CC(=O)O. The zero-order chi connectivity index (χ0) is 9.56. The van der Waals surface area contributed by atoms with Gasteiger partial charge in [-0.2, -0.15) is 0 Å². The van der Waals surface area contributed by atoms with E-state index < -0.39 is 18.4 Å². The van der Waals surface area contributed by atoms with E-state index in [1.807, 2.05) is 0 Å². The molecular weight excluding hydrogens is 164 g/mol. The number of carboxylic acid groups (broad SMARTS) is 1. The molecule has 6 nitrogen and oxygen atoms in total. The molecule has 0 atom stereocenters. The number of amides is 1. The number of nitrogens with one attached hydrogen (secondary N) is 1. The fourth-order valence-corrected chi connectivity index (χ4v) is 0.491. The summed E-state index contributed by atoms with van der Waals surface area (Å²) in [5, 5.41) is 8.56. The van der Waals surface area contributed by atoms with E-state index >= 15 is 0 Å². The summed E-state index contributed by atoms with van der Waals surface area (Å²) in [7, 11) is 0. The lowest BCUT2D eigenvalue weighted by Gasteiger charge is -2.11. The molecular formula is C6H11N2O4. The molecule has 12 heavy (non-hydrogen) atoms. The van der Waals surface area contributed by atoms with Crippen molar-refractivity contribution >= 4 is 11.9 Å². The van der Waals surface area contributed by atoms with E-state index in [0.29, 0.717) is 11.6 Å². The van der Waals surface area contributed by atoms with Crippen molar-refractivity contribution in [1.29, 1.82) is 0 Å². The molecule has 0 aliphatic rings. The van der Waals surface area contributed by atoms with Gasteiger partial charge < -0.3 is 9.84 Å². The number of hydrogen-bond donors (Lipinski definition) is 1. The van der Waals surface area contributed by atoms with Crippen molar-refractivity contribution in [1.82, 2.24) is 10.9 Å². The molecule has 2 N–H and O–H groups in total. The Morgan fingerprint density at radius 3 is 2.58 bits per heavy atom. The summed E-state index contributed by atoms with van der Waals surface area (Å²) in [6.45, 7) is 1.21. The van der Waals surface area contributed by atoms with Gasteiger partial charge in [-0.15, -0.1) is 5.84 Å². The van der Waals surface area contributed by atoms with Crippen LogP contribution < -0.4 is 5.84 Å². The molecule has 0 bridgehead atoms. The summed E-state index contributed by atoms with van der Waals surface area (Å²) in [6.07, 6.45) is 0. The molecule has 6 heteroatoms. The number of nitrogens with zero attached hydrogens (tertiary/aromatic N) is 1. The lowest BCUT2D eigenvalue weighted by Crippen LogP contribution is -2.36. The lowest BCUT2D eigenvalue weighted by molar-refractivity contribution is -0.147. The Morgan fingerprint density at radius 1 is 1.58 bits per heavy atom. The first-order valence-electron chi connectivity index (χ1n) is 3.39. The number of carboxylic acids is 1. The molecule has 69 valence electrons. The third-order valence-corrected chi connectivity index (χ3v) is 1.02. The van der Waals surface area contributed by atoms with Crippen molar-refractivity contribution in [2.75, 3.05) is 19.8 Å². The Morgan fingerprint density at radius 2 is 2.17 bits per heavy atom. The minimum absolute atomic E-state index is 0.243. The zero-order valence-corrected chi connectivity index (χ0v) is 6.74. The smallest absolute Gasteiger partial charge is 0.324 e. The number of rotatable bonds is 5. The van der Waals surface area contributed by atoms with Crippen LogP contribution in [-0.2, 0) is 14.3 Å². The first-order valence-corrected chi connectivity index (χ1v) is 3.39. The van der Waals surface area contributed by atoms with Gasteiger partial charge in [-0.1, -0.05) is 0 Å². The third-order valence-electron chi connectivity index (χ3n) is 1.02. The Balaban J connectivity index is 3.69. The van der Waals surface area contributed by atoms with E-state index in [4.69, 9.17) is 15.7 Å². The highest BCUT2D eigenvalue weighted by atomic mass is 16.5. The fraction of sp³-hybridized carbons (Fsp3) is 0.667. The molecule has 0 rings (SSSR count). The quantitative estimate of drug-likeness (QED) is 0.550. The molecule has 0 heterocycles. The number of aliphatic carboxylic acids is 1. The van der Waals surface area contributed by atoms with Crippen LogP contribution in [0.15, 0.2) is 0 Å². The average molecular weight is 175 g/mol. The van der Waals surface area contributed by atoms with E-state index in [9.17, 15) is 9.59 Å². The molecule has 0 unspecified atom stereocenters. The molecule has 0 aromatic heterocycles. The molecule has 0 saturated carbocycles. The number of hydrogen-bond acceptors (Lipinski definition) is 3. The topological polar surface area (TPSA) is 90.6 Å². The zero-order valence-electron chi connectivity index (χ0n) is 6.74. The second-order valence-electron chi connectivity index (χ2n) is 2.01. The van der Waals surface area contributed by atoms with Crippen LogP contribution in [0.2, 0.25) is 0 Å². The van der Waals surface area contributed by atoms with Crippen LogP contribution in [0.1, 0.15) is 6.92 Å². The summed E-state index contributed by atoms with van der Waals surface area (Å²) < 4.78 is 4.69. The third kappa shape index (κ3) is 4.64. The van der Waals surface area contributed by atoms with Crippen LogP contribution in [0.25, 0.3) is 0 Å². The second-order valence-corrected chi connectivity index (χ2v) is 2.01. The van der Waals surface area contributed by atoms with Gasteiger partial charge in [-0.3, -0.25) is 9.59 Å². The molecule has 0 saturated heterocycles. The van der Waals surface area contributed by atoms with Gasteiger partial charge in [0.25, 0.3) is 5.91 Å². The van der Waals surface area contributed by atoms with Gasteiger partial charge in [0, 0.05) is 6.61 Å². The van der Waals surface area contributed by atoms with Gasteiger partial charge in [0.1, 0.15) is 13.2 Å². The monoisotopic (exact) mass is 175 g/mol. The molecule has 0 aliphatic carbocycles. The van der Waals surface area contributed by atoms with Crippen molar-refractivity contribution in [3.63, 3.8) is 0 Å². The Kier molecular flexibility index (Phi) is 4.98. The number of ether oxygens (including phenoxy) is 1. The summed E-state index contributed by atoms with van der Waals surface area (Å²) in [6, 6.07) is 0. The molecule has 0 aromatic rings. The van der Waals surface area contributed by atoms with E-state index in [2.05, 4.69) is 0 Å². The van der Waals surface area contributed by atoms with Gasteiger partial charge in [0.15, 0.2) is 0 Å². The molecule has 0 spiro atoms. The molecule has 0 aromatic carbocycles. The Labute approximate surface area is 69.9 Å². The first-order chi connectivity index (χ1) is 5.57. The summed E-state index contributed by atoms with van der Waals surface area (Å²) in [5.74, 6) is 5.04. The van der Waals surface area contributed by atoms with Gasteiger partial charge in [-0.25, -0.2) is 5.01 Å². The summed E-state index contributed by atoms with van der Waals surface area (Å²) in [5.41, 5.74) is 0. The van der Waals surface area contributed by atoms with Gasteiger partial charge in [0.05, 0.1) is 0 Å². The Bertz CT molecular complexity index is 171. The maximum Gasteiger partial charge on any atom is 0.324 e. The van der Waals surface area contributed by atoms with Crippen molar-refractivity contribution in [3.05, 3.63) is 0 Å². The summed E-state index contributed by atoms with van der Waals surface area (Å²) in [4.78, 5) is 20.8. The maximum atomic E-state index is 10.8. The lowest BCUT2D eigenvalue weighted by atomic mass is 10.5. The van der Waals surface area contributed by atoms with E-state index in [1.54, 1.807) is 6.92 Å². The molecule has 0 aliphatic heterocycles. The van der Waals surface area contributed by atoms with Crippen LogP contribution in [0, 0.1) is 0 Å². The van der Waals surface area contributed by atoms with E-state index in [-0.39, 0.29) is 6.61 Å². The number of carbonyl (C=O) groups excluding carboxylic acids is 1. The van der Waals surface area contributed by atoms with Crippen LogP contribution in [0.3, 0.4) is 0 Å². The second kappa shape index (κ2) is 5.50.